The van der Waals surface area contributed by atoms with Crippen molar-refractivity contribution >= 4 is 11.8 Å². The minimum atomic E-state index is -0.648. The van der Waals surface area contributed by atoms with Crippen molar-refractivity contribution in [2.75, 3.05) is 20.2 Å². The number of carbonyl (C=O) groups excluding carboxylic acids is 2. The van der Waals surface area contributed by atoms with Gasteiger partial charge in [-0.1, -0.05) is 0 Å². The molecule has 0 aromatic carbocycles. The summed E-state index contributed by atoms with van der Waals surface area (Å²) in [6.45, 7) is 2.72. The molecule has 0 aromatic rings. The summed E-state index contributed by atoms with van der Waals surface area (Å²) in [5.41, 5.74) is 0. The first kappa shape index (κ1) is 9.19. The van der Waals surface area contributed by atoms with Crippen LogP contribution in [0.4, 0.5) is 0 Å². The lowest BCUT2D eigenvalue weighted by Gasteiger charge is -2.15. The van der Waals surface area contributed by atoms with E-state index in [1.54, 1.807) is 18.9 Å². The highest BCUT2D eigenvalue weighted by Gasteiger charge is 2.36. The van der Waals surface area contributed by atoms with Crippen molar-refractivity contribution in [2.45, 2.75) is 19.4 Å². The van der Waals surface area contributed by atoms with Crippen LogP contribution in [0.5, 0.6) is 0 Å². The van der Waals surface area contributed by atoms with E-state index < -0.39 is 12.0 Å². The summed E-state index contributed by atoms with van der Waals surface area (Å²) in [6.07, 6.45) is 0.458. The number of Topliss-reactive ketones (excluding diaryl/α,β-unsaturated/α-hetero) is 1. The Bertz CT molecular complexity index is 202. The molecule has 4 heteroatoms. The normalized spacial score (nSPS) is 24.5. The van der Waals surface area contributed by atoms with Gasteiger partial charge in [-0.2, -0.15) is 0 Å². The third-order valence-corrected chi connectivity index (χ3v) is 1.97. The summed E-state index contributed by atoms with van der Waals surface area (Å²) in [5, 5.41) is 0. The second kappa shape index (κ2) is 3.67. The maximum Gasteiger partial charge on any atom is 0.331 e. The van der Waals surface area contributed by atoms with Crippen molar-refractivity contribution in [3.8, 4) is 0 Å². The molecule has 1 rings (SSSR count). The molecule has 1 saturated heterocycles. The van der Waals surface area contributed by atoms with Gasteiger partial charge in [-0.05, 0) is 14.0 Å². The lowest BCUT2D eigenvalue weighted by molar-refractivity contribution is -0.150. The van der Waals surface area contributed by atoms with Crippen LogP contribution in [-0.4, -0.2) is 42.9 Å². The monoisotopic (exact) mass is 171 g/mol. The van der Waals surface area contributed by atoms with Crippen molar-refractivity contribution in [3.05, 3.63) is 0 Å². The fraction of sp³-hybridized carbons (Fsp3) is 0.750. The van der Waals surface area contributed by atoms with E-state index in [1.807, 2.05) is 0 Å². The van der Waals surface area contributed by atoms with Gasteiger partial charge in [0.1, 0.15) is 0 Å². The fourth-order valence-corrected chi connectivity index (χ4v) is 1.33. The highest BCUT2D eigenvalue weighted by Crippen LogP contribution is 2.12. The van der Waals surface area contributed by atoms with E-state index in [0.29, 0.717) is 19.6 Å². The van der Waals surface area contributed by atoms with Crippen LogP contribution in [0.25, 0.3) is 0 Å². The van der Waals surface area contributed by atoms with Gasteiger partial charge in [-0.25, -0.2) is 4.79 Å². The van der Waals surface area contributed by atoms with Gasteiger partial charge in [0.05, 0.1) is 6.61 Å². The number of esters is 1. The summed E-state index contributed by atoms with van der Waals surface area (Å²) in [7, 11) is 1.76. The number of rotatable bonds is 2. The summed E-state index contributed by atoms with van der Waals surface area (Å²) < 4.78 is 4.77. The van der Waals surface area contributed by atoms with E-state index in [-0.39, 0.29) is 5.78 Å². The lowest BCUT2D eigenvalue weighted by Crippen LogP contribution is -2.38. The second-order valence-electron chi connectivity index (χ2n) is 2.85. The average Bonchev–Trinajstić information content (AvgIpc) is 2.32. The maximum absolute atomic E-state index is 11.2. The van der Waals surface area contributed by atoms with E-state index in [1.165, 1.54) is 0 Å². The highest BCUT2D eigenvalue weighted by atomic mass is 16.5. The third-order valence-electron chi connectivity index (χ3n) is 1.97. The molecule has 0 aromatic heterocycles. The number of nitrogens with zero attached hydrogens (tertiary/aromatic N) is 1. The van der Waals surface area contributed by atoms with E-state index in [2.05, 4.69) is 0 Å². The van der Waals surface area contributed by atoms with Crippen molar-refractivity contribution < 1.29 is 14.3 Å². The molecule has 12 heavy (non-hydrogen) atoms. The number of ketones is 1. The molecule has 0 spiro atoms. The molecule has 1 heterocycles. The molecule has 1 unspecified atom stereocenters. The smallest absolute Gasteiger partial charge is 0.331 e. The van der Waals surface area contributed by atoms with E-state index in [4.69, 9.17) is 4.74 Å². The molecule has 0 radical (unpaired) electrons. The summed E-state index contributed by atoms with van der Waals surface area (Å²) in [4.78, 5) is 24.1. The number of hydrogen-bond acceptors (Lipinski definition) is 4. The first-order valence-electron chi connectivity index (χ1n) is 4.06. The largest absolute Gasteiger partial charge is 0.464 e. The van der Waals surface area contributed by atoms with Gasteiger partial charge in [0.2, 0.25) is 0 Å². The Balaban J connectivity index is 2.59. The molecule has 1 aliphatic heterocycles. The van der Waals surface area contributed by atoms with Gasteiger partial charge < -0.3 is 4.74 Å². The minimum absolute atomic E-state index is 0.0315. The molecule has 0 aliphatic carbocycles. The van der Waals surface area contributed by atoms with Crippen LogP contribution in [-0.2, 0) is 14.3 Å². The first-order valence-corrected chi connectivity index (χ1v) is 4.06. The van der Waals surface area contributed by atoms with Crippen LogP contribution in [0.15, 0.2) is 0 Å². The van der Waals surface area contributed by atoms with Gasteiger partial charge in [0.25, 0.3) is 0 Å². The zero-order chi connectivity index (χ0) is 9.14. The number of carbonyl (C=O) groups is 2. The molecule has 0 N–H and O–H groups in total. The fourth-order valence-electron chi connectivity index (χ4n) is 1.33. The highest BCUT2D eigenvalue weighted by molar-refractivity contribution is 6.04. The third kappa shape index (κ3) is 1.64. The van der Waals surface area contributed by atoms with Gasteiger partial charge in [-0.15, -0.1) is 0 Å². The zero-order valence-electron chi connectivity index (χ0n) is 7.37. The SMILES string of the molecule is CCOC(=O)C1C(=O)CCN1C. The molecule has 1 atom stereocenters. The molecular formula is C8H13NO3. The Labute approximate surface area is 71.5 Å². The number of hydrogen-bond donors (Lipinski definition) is 0. The van der Waals surface area contributed by atoms with Gasteiger partial charge in [0, 0.05) is 13.0 Å². The predicted octanol–water partition coefficient (Wildman–Crippen LogP) is -0.177. The van der Waals surface area contributed by atoms with Gasteiger partial charge in [0.15, 0.2) is 11.8 Å². The number of ether oxygens (including phenoxy) is 1. The lowest BCUT2D eigenvalue weighted by atomic mass is 10.2. The molecular weight excluding hydrogens is 158 g/mol. The van der Waals surface area contributed by atoms with Crippen LogP contribution in [0.2, 0.25) is 0 Å². The minimum Gasteiger partial charge on any atom is -0.464 e. The Morgan fingerprint density at radius 3 is 2.83 bits per heavy atom. The summed E-state index contributed by atoms with van der Waals surface area (Å²) in [6, 6.07) is -0.648. The van der Waals surface area contributed by atoms with Crippen molar-refractivity contribution in [1.82, 2.24) is 4.90 Å². The van der Waals surface area contributed by atoms with Crippen molar-refractivity contribution in [3.63, 3.8) is 0 Å². The van der Waals surface area contributed by atoms with Crippen LogP contribution in [0, 0.1) is 0 Å². The Morgan fingerprint density at radius 1 is 1.75 bits per heavy atom. The van der Waals surface area contributed by atoms with Gasteiger partial charge >= 0.3 is 5.97 Å². The standard InChI is InChI=1S/C8H13NO3/c1-3-12-8(11)7-6(10)4-5-9(7)2/h7H,3-5H2,1-2H3. The number of likely N-dealkylation sites (tertiary alicyclic amines) is 1. The molecule has 0 bridgehead atoms. The Hall–Kier alpha value is -0.900. The maximum atomic E-state index is 11.2. The number of likely N-dealkylation sites (N-methyl/N-ethyl adjacent to an activating group) is 1. The Kier molecular flexibility index (Phi) is 2.81. The van der Waals surface area contributed by atoms with Crippen LogP contribution >= 0.6 is 0 Å². The average molecular weight is 171 g/mol. The second-order valence-corrected chi connectivity index (χ2v) is 2.85. The van der Waals surface area contributed by atoms with Crippen LogP contribution < -0.4 is 0 Å². The van der Waals surface area contributed by atoms with Crippen LogP contribution in [0.3, 0.4) is 0 Å². The molecule has 68 valence electrons. The zero-order valence-corrected chi connectivity index (χ0v) is 7.37. The van der Waals surface area contributed by atoms with Crippen molar-refractivity contribution in [1.29, 1.82) is 0 Å². The van der Waals surface area contributed by atoms with E-state index >= 15 is 0 Å². The topological polar surface area (TPSA) is 46.6 Å². The summed E-state index contributed by atoms with van der Waals surface area (Å²) >= 11 is 0. The van der Waals surface area contributed by atoms with Gasteiger partial charge in [-0.3, -0.25) is 9.69 Å². The summed E-state index contributed by atoms with van der Waals surface area (Å²) in [5.74, 6) is -0.446. The first-order chi connectivity index (χ1) is 5.66. The molecule has 1 fully saturated rings. The molecule has 1 aliphatic rings. The van der Waals surface area contributed by atoms with E-state index in [0.717, 1.165) is 0 Å². The quantitative estimate of drug-likeness (QED) is 0.427. The molecule has 0 amide bonds. The van der Waals surface area contributed by atoms with Crippen molar-refractivity contribution in [2.24, 2.45) is 0 Å². The van der Waals surface area contributed by atoms with Crippen LogP contribution in [0.1, 0.15) is 13.3 Å². The molecule has 4 nitrogen and oxygen atoms in total. The Morgan fingerprint density at radius 2 is 2.42 bits per heavy atom. The molecule has 0 saturated carbocycles. The van der Waals surface area contributed by atoms with E-state index in [9.17, 15) is 9.59 Å². The predicted molar refractivity (Wildman–Crippen MR) is 42.7 cm³/mol.